The average molecular weight is 437 g/mol. The van der Waals surface area contributed by atoms with Gasteiger partial charge in [0.25, 0.3) is 5.54 Å². The van der Waals surface area contributed by atoms with E-state index in [-0.39, 0.29) is 35.5 Å². The molecule has 2 aromatic carbocycles. The number of piperidine rings is 1. The zero-order valence-corrected chi connectivity index (χ0v) is 18.3. The molecule has 2 aliphatic rings. The summed E-state index contributed by atoms with van der Waals surface area (Å²) < 4.78 is 13.0. The third-order valence-corrected chi connectivity index (χ3v) is 8.02. The molecule has 0 bridgehead atoms. The van der Waals surface area contributed by atoms with Gasteiger partial charge in [-0.25, -0.2) is 11.0 Å². The fourth-order valence-electron chi connectivity index (χ4n) is 6.04. The van der Waals surface area contributed by atoms with Crippen molar-refractivity contribution in [2.75, 3.05) is 13.1 Å². The second-order valence-electron chi connectivity index (χ2n) is 9.53. The molecule has 1 saturated carbocycles. The fourth-order valence-corrected chi connectivity index (χ4v) is 6.04. The zero-order chi connectivity index (χ0) is 23.0. The van der Waals surface area contributed by atoms with Crippen molar-refractivity contribution in [3.8, 4) is 0 Å². The number of rotatable bonds is 4. The van der Waals surface area contributed by atoms with Crippen LogP contribution in [0.15, 0.2) is 54.6 Å². The molecule has 2 aromatic rings. The first kappa shape index (κ1) is 22.4. The molecular weight excluding hydrogens is 407 g/mol. The van der Waals surface area contributed by atoms with Gasteiger partial charge in [0.05, 0.1) is 19.1 Å². The lowest BCUT2D eigenvalue weighted by Crippen LogP contribution is -2.64. The monoisotopic (exact) mass is 436 g/mol. The Kier molecular flexibility index (Phi) is 5.83. The summed E-state index contributed by atoms with van der Waals surface area (Å²) in [6.45, 7) is 10.2. The minimum atomic E-state index is -1.05. The summed E-state index contributed by atoms with van der Waals surface area (Å²) in [7, 11) is 0. The molecule has 1 aliphatic heterocycles. The van der Waals surface area contributed by atoms with Crippen molar-refractivity contribution in [1.29, 1.82) is 0 Å². The number of carboxylic acids is 1. The van der Waals surface area contributed by atoms with Gasteiger partial charge in [0, 0.05) is 43.6 Å². The number of benzene rings is 2. The molecule has 6 heteroatoms. The Bertz CT molecular complexity index is 1010. The quantitative estimate of drug-likeness (QED) is 0.404. The van der Waals surface area contributed by atoms with E-state index < -0.39 is 16.9 Å². The van der Waals surface area contributed by atoms with E-state index in [2.05, 4.69) is 4.85 Å². The van der Waals surface area contributed by atoms with Gasteiger partial charge < -0.3 is 19.8 Å². The normalized spacial score (nSPS) is 35.1. The van der Waals surface area contributed by atoms with E-state index in [0.29, 0.717) is 32.1 Å². The summed E-state index contributed by atoms with van der Waals surface area (Å²) in [4.78, 5) is 16.3. The highest BCUT2D eigenvalue weighted by atomic mass is 19.1. The largest absolute Gasteiger partial charge is 0.633 e. The molecule has 1 N–H and O–H groups in total. The third-order valence-electron chi connectivity index (χ3n) is 8.02. The third kappa shape index (κ3) is 3.60. The van der Waals surface area contributed by atoms with Gasteiger partial charge in [-0.15, -0.1) is 0 Å². The number of quaternary nitrogens is 1. The van der Waals surface area contributed by atoms with E-state index in [0.717, 1.165) is 11.1 Å². The molecule has 5 nitrogen and oxygen atoms in total. The molecule has 0 amide bonds. The predicted molar refractivity (Wildman–Crippen MR) is 120 cm³/mol. The lowest BCUT2D eigenvalue weighted by Gasteiger charge is -2.58. The van der Waals surface area contributed by atoms with Crippen molar-refractivity contribution in [3.63, 3.8) is 0 Å². The summed E-state index contributed by atoms with van der Waals surface area (Å²) in [6.07, 6.45) is 2.65. The highest BCUT2D eigenvalue weighted by Gasteiger charge is 2.54. The van der Waals surface area contributed by atoms with Crippen molar-refractivity contribution in [1.82, 2.24) is 0 Å². The van der Waals surface area contributed by atoms with Crippen LogP contribution < -0.4 is 0 Å². The SMILES string of the molecule is [C-]#[N+]C1(c2ccc(F)cc2)CCC([N+]2([O-])CC[C@](C(=O)O)(c3ccccc3)[C@H](C)C2)CC1. The Labute approximate surface area is 188 Å². The van der Waals surface area contributed by atoms with Crippen molar-refractivity contribution >= 4 is 5.97 Å². The lowest BCUT2D eigenvalue weighted by molar-refractivity contribution is -0.916. The van der Waals surface area contributed by atoms with E-state index in [1.807, 2.05) is 37.3 Å². The Morgan fingerprint density at radius 3 is 2.25 bits per heavy atom. The number of carboxylic acid groups (broad SMARTS) is 1. The molecule has 2 fully saturated rings. The molecule has 4 rings (SSSR count). The van der Waals surface area contributed by atoms with Gasteiger partial charge in [0.15, 0.2) is 0 Å². The maximum Gasteiger partial charge on any atom is 0.314 e. The number of likely N-dealkylation sites (tertiary alicyclic amines) is 1. The van der Waals surface area contributed by atoms with Crippen LogP contribution in [0, 0.1) is 23.5 Å². The molecule has 0 aromatic heterocycles. The standard InChI is InChI=1S/C26H29FN2O3/c1-19-18-29(32,17-16-26(19,24(30)31)21-6-4-3-5-7-21)23-12-14-25(28-2,15-13-23)20-8-10-22(27)11-9-20/h3-11,19,23H,12-18H2,1H3,(H,30,31)/t19-,23?,25?,26-,29?/m1/s1. The van der Waals surface area contributed by atoms with Gasteiger partial charge >= 0.3 is 5.97 Å². The van der Waals surface area contributed by atoms with E-state index in [9.17, 15) is 19.5 Å². The van der Waals surface area contributed by atoms with Crippen molar-refractivity contribution in [3.05, 3.63) is 88.2 Å². The molecule has 1 unspecified atom stereocenters. The molecule has 0 radical (unpaired) electrons. The number of carbonyl (C=O) groups is 1. The number of hydroxylamine groups is 3. The summed E-state index contributed by atoms with van der Waals surface area (Å²) in [5, 5.41) is 24.1. The first-order valence-electron chi connectivity index (χ1n) is 11.3. The second-order valence-corrected chi connectivity index (χ2v) is 9.53. The topological polar surface area (TPSA) is 64.7 Å². The van der Waals surface area contributed by atoms with Crippen molar-refractivity contribution in [2.24, 2.45) is 5.92 Å². The maximum absolute atomic E-state index is 13.9. The molecule has 32 heavy (non-hydrogen) atoms. The van der Waals surface area contributed by atoms with E-state index in [1.165, 1.54) is 12.1 Å². The molecule has 168 valence electrons. The number of hydrogen-bond acceptors (Lipinski definition) is 2. The molecular formula is C26H29FN2O3. The van der Waals surface area contributed by atoms with Crippen LogP contribution in [0.5, 0.6) is 0 Å². The predicted octanol–water partition coefficient (Wildman–Crippen LogP) is 5.26. The maximum atomic E-state index is 13.9. The second kappa shape index (κ2) is 8.31. The van der Waals surface area contributed by atoms with E-state index in [1.54, 1.807) is 12.1 Å². The van der Waals surface area contributed by atoms with Crippen LogP contribution in [0.25, 0.3) is 4.85 Å². The molecule has 0 spiro atoms. The van der Waals surface area contributed by atoms with Crippen LogP contribution in [-0.2, 0) is 15.7 Å². The Morgan fingerprint density at radius 2 is 1.72 bits per heavy atom. The highest BCUT2D eigenvalue weighted by molar-refractivity contribution is 5.82. The van der Waals surface area contributed by atoms with Gasteiger partial charge in [0.1, 0.15) is 11.2 Å². The summed E-state index contributed by atoms with van der Waals surface area (Å²) in [5.74, 6) is -1.50. The van der Waals surface area contributed by atoms with Gasteiger partial charge in [-0.3, -0.25) is 4.79 Å². The first-order valence-corrected chi connectivity index (χ1v) is 11.3. The van der Waals surface area contributed by atoms with Crippen LogP contribution in [0.2, 0.25) is 0 Å². The zero-order valence-electron chi connectivity index (χ0n) is 18.3. The van der Waals surface area contributed by atoms with Gasteiger partial charge in [-0.1, -0.05) is 37.3 Å². The van der Waals surface area contributed by atoms with Crippen LogP contribution in [0.4, 0.5) is 4.39 Å². The first-order chi connectivity index (χ1) is 15.3. The van der Waals surface area contributed by atoms with Crippen LogP contribution in [0.1, 0.15) is 50.2 Å². The number of nitrogens with zero attached hydrogens (tertiary/aromatic N) is 2. The molecule has 1 aliphatic carbocycles. The highest BCUT2D eigenvalue weighted by Crippen LogP contribution is 2.48. The molecule has 1 heterocycles. The Morgan fingerprint density at radius 1 is 1.09 bits per heavy atom. The van der Waals surface area contributed by atoms with Crippen LogP contribution in [0.3, 0.4) is 0 Å². The van der Waals surface area contributed by atoms with Gasteiger partial charge in [-0.05, 0) is 29.8 Å². The summed E-state index contributed by atoms with van der Waals surface area (Å²) in [6, 6.07) is 15.3. The van der Waals surface area contributed by atoms with Gasteiger partial charge in [-0.2, -0.15) is 0 Å². The summed E-state index contributed by atoms with van der Waals surface area (Å²) >= 11 is 0. The van der Waals surface area contributed by atoms with Crippen molar-refractivity contribution < 1.29 is 18.9 Å². The molecule has 3 atom stereocenters. The van der Waals surface area contributed by atoms with Crippen LogP contribution in [-0.4, -0.2) is 34.9 Å². The van der Waals surface area contributed by atoms with Gasteiger partial charge in [0.2, 0.25) is 0 Å². The minimum Gasteiger partial charge on any atom is -0.633 e. The summed E-state index contributed by atoms with van der Waals surface area (Å²) in [5.41, 5.74) is -0.181. The minimum absolute atomic E-state index is 0.143. The van der Waals surface area contributed by atoms with E-state index in [4.69, 9.17) is 6.57 Å². The lowest BCUT2D eigenvalue weighted by atomic mass is 9.65. The Balaban J connectivity index is 1.52. The Hall–Kier alpha value is -2.75. The number of halogens is 1. The fraction of sp³-hybridized carbons (Fsp3) is 0.462. The number of hydrogen-bond donors (Lipinski definition) is 1. The molecule has 1 saturated heterocycles. The average Bonchev–Trinajstić information content (AvgIpc) is 2.80. The van der Waals surface area contributed by atoms with Crippen molar-refractivity contribution in [2.45, 2.75) is 56.0 Å². The smallest absolute Gasteiger partial charge is 0.314 e. The van der Waals surface area contributed by atoms with E-state index >= 15 is 0 Å². The number of aliphatic carboxylic acids is 1. The van der Waals surface area contributed by atoms with Crippen LogP contribution >= 0.6 is 0 Å².